The molecule has 2 fully saturated rings. The summed E-state index contributed by atoms with van der Waals surface area (Å²) in [5.41, 5.74) is 0. The van der Waals surface area contributed by atoms with Gasteiger partial charge in [-0.3, -0.25) is 9.89 Å². The fourth-order valence-electron chi connectivity index (χ4n) is 2.91. The first-order chi connectivity index (χ1) is 11.3. The molecule has 0 spiro atoms. The predicted molar refractivity (Wildman–Crippen MR) is 99.2 cm³/mol. The molecule has 1 aromatic heterocycles. The third kappa shape index (κ3) is 5.50. The molecule has 0 saturated heterocycles. The number of nitrogens with zero attached hydrogens (tertiary/aromatic N) is 2. The van der Waals surface area contributed by atoms with Gasteiger partial charge in [-0.15, -0.1) is 11.3 Å². The van der Waals surface area contributed by atoms with Crippen molar-refractivity contribution in [3.05, 3.63) is 21.9 Å². The van der Waals surface area contributed by atoms with E-state index in [0.29, 0.717) is 0 Å². The molecule has 4 nitrogen and oxygen atoms in total. The molecule has 1 heterocycles. The Labute approximate surface area is 144 Å². The van der Waals surface area contributed by atoms with Crippen molar-refractivity contribution in [2.45, 2.75) is 51.6 Å². The van der Waals surface area contributed by atoms with Crippen molar-refractivity contribution in [3.63, 3.8) is 0 Å². The van der Waals surface area contributed by atoms with Crippen molar-refractivity contribution >= 4 is 17.3 Å². The molecule has 23 heavy (non-hydrogen) atoms. The van der Waals surface area contributed by atoms with E-state index in [0.717, 1.165) is 44.0 Å². The van der Waals surface area contributed by atoms with Crippen molar-refractivity contribution in [1.82, 2.24) is 15.5 Å². The van der Waals surface area contributed by atoms with E-state index in [1.807, 2.05) is 18.4 Å². The Kier molecular flexibility index (Phi) is 5.95. The van der Waals surface area contributed by atoms with Crippen LogP contribution < -0.4 is 10.6 Å². The second-order valence-corrected chi connectivity index (χ2v) is 8.00. The van der Waals surface area contributed by atoms with Gasteiger partial charge in [0.2, 0.25) is 0 Å². The smallest absolute Gasteiger partial charge is 0.191 e. The molecule has 0 amide bonds. The van der Waals surface area contributed by atoms with Gasteiger partial charge in [0.1, 0.15) is 0 Å². The van der Waals surface area contributed by atoms with Crippen LogP contribution in [0.2, 0.25) is 0 Å². The molecule has 0 aromatic carbocycles. The summed E-state index contributed by atoms with van der Waals surface area (Å²) in [5.74, 6) is 1.90. The average Bonchev–Trinajstić information content (AvgIpc) is 3.48. The predicted octanol–water partition coefficient (Wildman–Crippen LogP) is 2.85. The van der Waals surface area contributed by atoms with Gasteiger partial charge in [-0.05, 0) is 50.2 Å². The lowest BCUT2D eigenvalue weighted by molar-refractivity contribution is 0.256. The van der Waals surface area contributed by atoms with Crippen LogP contribution in [0.15, 0.2) is 17.1 Å². The summed E-state index contributed by atoms with van der Waals surface area (Å²) in [5, 5.41) is 6.89. The lowest BCUT2D eigenvalue weighted by Crippen LogP contribution is -2.42. The van der Waals surface area contributed by atoms with E-state index in [1.165, 1.54) is 42.0 Å². The van der Waals surface area contributed by atoms with Crippen molar-refractivity contribution in [3.8, 4) is 0 Å². The quantitative estimate of drug-likeness (QED) is 0.539. The summed E-state index contributed by atoms with van der Waals surface area (Å²) in [6.07, 6.45) is 6.81. The minimum Gasteiger partial charge on any atom is -0.355 e. The molecule has 0 bridgehead atoms. The largest absolute Gasteiger partial charge is 0.355 e. The molecule has 128 valence electrons. The Morgan fingerprint density at radius 1 is 1.22 bits per heavy atom. The first-order valence-corrected chi connectivity index (χ1v) is 9.86. The topological polar surface area (TPSA) is 39.7 Å². The molecule has 5 heteroatoms. The first-order valence-electron chi connectivity index (χ1n) is 9.04. The van der Waals surface area contributed by atoms with Crippen molar-refractivity contribution in [1.29, 1.82) is 0 Å². The van der Waals surface area contributed by atoms with Crippen molar-refractivity contribution in [2.24, 2.45) is 10.9 Å². The molecule has 2 aliphatic rings. The van der Waals surface area contributed by atoms with Crippen LogP contribution in [0.25, 0.3) is 0 Å². The molecule has 3 rings (SSSR count). The van der Waals surface area contributed by atoms with Crippen molar-refractivity contribution in [2.75, 3.05) is 26.7 Å². The van der Waals surface area contributed by atoms with Crippen LogP contribution in [0.3, 0.4) is 0 Å². The molecule has 2 saturated carbocycles. The Bertz CT molecular complexity index is 517. The van der Waals surface area contributed by atoms with E-state index in [-0.39, 0.29) is 0 Å². The average molecular weight is 335 g/mol. The highest BCUT2D eigenvalue weighted by atomic mass is 32.1. The van der Waals surface area contributed by atoms with Crippen LogP contribution in [-0.4, -0.2) is 43.6 Å². The summed E-state index contributed by atoms with van der Waals surface area (Å²) in [7, 11) is 1.85. The van der Waals surface area contributed by atoms with Gasteiger partial charge >= 0.3 is 0 Å². The molecular formula is C18H30N4S. The van der Waals surface area contributed by atoms with Crippen LogP contribution in [-0.2, 0) is 13.0 Å². The van der Waals surface area contributed by atoms with Gasteiger partial charge in [-0.2, -0.15) is 0 Å². The highest BCUT2D eigenvalue weighted by Gasteiger charge is 2.33. The fraction of sp³-hybridized carbons (Fsp3) is 0.722. The van der Waals surface area contributed by atoms with Gasteiger partial charge in [-0.25, -0.2) is 0 Å². The molecule has 2 N–H and O–H groups in total. The first kappa shape index (κ1) is 16.8. The number of nitrogens with one attached hydrogen (secondary N) is 2. The zero-order valence-corrected chi connectivity index (χ0v) is 15.3. The van der Waals surface area contributed by atoms with Crippen LogP contribution in [0, 0.1) is 5.92 Å². The number of hydrogen-bond acceptors (Lipinski definition) is 3. The van der Waals surface area contributed by atoms with Crippen molar-refractivity contribution < 1.29 is 0 Å². The van der Waals surface area contributed by atoms with Gasteiger partial charge in [-0.1, -0.05) is 6.92 Å². The molecule has 0 unspecified atom stereocenters. The Morgan fingerprint density at radius 3 is 2.61 bits per heavy atom. The number of hydrogen-bond donors (Lipinski definition) is 2. The maximum atomic E-state index is 4.34. The Morgan fingerprint density at radius 2 is 2.00 bits per heavy atom. The minimum absolute atomic E-state index is 0.860. The summed E-state index contributed by atoms with van der Waals surface area (Å²) < 4.78 is 0. The number of thiophene rings is 1. The normalized spacial score (nSPS) is 18.5. The van der Waals surface area contributed by atoms with E-state index in [4.69, 9.17) is 0 Å². The van der Waals surface area contributed by atoms with E-state index in [2.05, 4.69) is 39.6 Å². The molecule has 0 radical (unpaired) electrons. The Balaban J connectivity index is 1.36. The van der Waals surface area contributed by atoms with Gasteiger partial charge in [0, 0.05) is 42.5 Å². The number of rotatable bonds is 9. The minimum atomic E-state index is 0.860. The maximum Gasteiger partial charge on any atom is 0.191 e. The molecule has 1 aromatic rings. The molecular weight excluding hydrogens is 304 g/mol. The van der Waals surface area contributed by atoms with E-state index in [1.54, 1.807) is 0 Å². The SMILES string of the molecule is CCc1ccc(CNC(=NC)NCCN(CC2CC2)C2CC2)s1. The summed E-state index contributed by atoms with van der Waals surface area (Å²) in [6.45, 7) is 6.50. The third-order valence-corrected chi connectivity index (χ3v) is 5.89. The summed E-state index contributed by atoms with van der Waals surface area (Å²) in [4.78, 5) is 9.85. The Hall–Kier alpha value is -1.07. The second-order valence-electron chi connectivity index (χ2n) is 6.74. The number of guanidine groups is 1. The highest BCUT2D eigenvalue weighted by Crippen LogP contribution is 2.34. The zero-order chi connectivity index (χ0) is 16.1. The van der Waals surface area contributed by atoms with E-state index < -0.39 is 0 Å². The number of aryl methyl sites for hydroxylation is 1. The monoisotopic (exact) mass is 334 g/mol. The van der Waals surface area contributed by atoms with Crippen LogP contribution in [0.1, 0.15) is 42.4 Å². The molecule has 0 aliphatic heterocycles. The highest BCUT2D eigenvalue weighted by molar-refractivity contribution is 7.11. The lowest BCUT2D eigenvalue weighted by Gasteiger charge is -2.22. The zero-order valence-electron chi connectivity index (χ0n) is 14.5. The van der Waals surface area contributed by atoms with E-state index in [9.17, 15) is 0 Å². The van der Waals surface area contributed by atoms with Gasteiger partial charge in [0.05, 0.1) is 6.54 Å². The van der Waals surface area contributed by atoms with Crippen LogP contribution in [0.4, 0.5) is 0 Å². The van der Waals surface area contributed by atoms with Gasteiger partial charge in [0.15, 0.2) is 5.96 Å². The molecule has 2 aliphatic carbocycles. The van der Waals surface area contributed by atoms with Crippen LogP contribution in [0.5, 0.6) is 0 Å². The van der Waals surface area contributed by atoms with Gasteiger partial charge in [0.25, 0.3) is 0 Å². The van der Waals surface area contributed by atoms with E-state index >= 15 is 0 Å². The maximum absolute atomic E-state index is 4.34. The summed E-state index contributed by atoms with van der Waals surface area (Å²) in [6, 6.07) is 5.31. The summed E-state index contributed by atoms with van der Waals surface area (Å²) >= 11 is 1.89. The number of aliphatic imine (C=N–C) groups is 1. The lowest BCUT2D eigenvalue weighted by atomic mass is 10.3. The standard InChI is InChI=1S/C18H30N4S/c1-3-16-8-9-17(23-16)12-21-18(19-2)20-10-11-22(15-6-7-15)13-14-4-5-14/h8-9,14-15H,3-7,10-13H2,1-2H3,(H2,19,20,21). The molecule has 0 atom stereocenters. The van der Waals surface area contributed by atoms with Gasteiger partial charge < -0.3 is 10.6 Å². The second kappa shape index (κ2) is 8.15. The fourth-order valence-corrected chi connectivity index (χ4v) is 3.81. The van der Waals surface area contributed by atoms with Crippen LogP contribution >= 0.6 is 11.3 Å². The third-order valence-electron chi connectivity index (χ3n) is 4.66.